The number of carbonyl (C=O) groups excluding carboxylic acids is 1. The summed E-state index contributed by atoms with van der Waals surface area (Å²) >= 11 is 0. The second-order valence-electron chi connectivity index (χ2n) is 6.13. The molecule has 0 bridgehead atoms. The minimum absolute atomic E-state index is 0.00745. The molecule has 0 spiro atoms. The van der Waals surface area contributed by atoms with Crippen LogP contribution in [0.2, 0.25) is 0 Å². The molecule has 1 amide bonds. The van der Waals surface area contributed by atoms with Gasteiger partial charge >= 0.3 is 0 Å². The molecule has 140 valence electrons. The van der Waals surface area contributed by atoms with Crippen LogP contribution >= 0.6 is 0 Å². The van der Waals surface area contributed by atoms with E-state index in [1.165, 1.54) is 0 Å². The molecule has 2 heterocycles. The highest BCUT2D eigenvalue weighted by molar-refractivity contribution is 5.78. The standard InChI is InChI=1S/C18H24N4O4/c1-5-8-22-18(19-11(2)21-22)17-16(20-15(23)10-26-17)12-6-7-13(24-3)14(9-12)25-4/h6-7,9,16-17H,5,8,10H2,1-4H3,(H,20,23)/t16-,17+/m1/s1. The Labute approximate surface area is 152 Å². The number of nitrogens with one attached hydrogen (secondary N) is 1. The lowest BCUT2D eigenvalue weighted by molar-refractivity contribution is -0.138. The molecule has 0 radical (unpaired) electrons. The molecule has 1 N–H and O–H groups in total. The predicted octanol–water partition coefficient (Wildman–Crippen LogP) is 1.94. The van der Waals surface area contributed by atoms with Crippen LogP contribution in [0.1, 0.15) is 42.7 Å². The Balaban J connectivity index is 2.01. The van der Waals surface area contributed by atoms with Crippen molar-refractivity contribution < 1.29 is 19.0 Å². The van der Waals surface area contributed by atoms with E-state index in [0.717, 1.165) is 18.5 Å². The Bertz CT molecular complexity index is 789. The number of ether oxygens (including phenoxy) is 3. The van der Waals surface area contributed by atoms with Crippen molar-refractivity contribution >= 4 is 5.91 Å². The Morgan fingerprint density at radius 1 is 1.31 bits per heavy atom. The number of benzene rings is 1. The van der Waals surface area contributed by atoms with Gasteiger partial charge in [0.05, 0.1) is 20.3 Å². The summed E-state index contributed by atoms with van der Waals surface area (Å²) in [7, 11) is 3.16. The van der Waals surface area contributed by atoms with Crippen LogP contribution in [0.3, 0.4) is 0 Å². The van der Waals surface area contributed by atoms with Crippen molar-refractivity contribution in [1.82, 2.24) is 20.1 Å². The fourth-order valence-corrected chi connectivity index (χ4v) is 3.14. The van der Waals surface area contributed by atoms with Crippen LogP contribution in [0.5, 0.6) is 11.5 Å². The van der Waals surface area contributed by atoms with E-state index in [1.54, 1.807) is 14.2 Å². The number of morpholine rings is 1. The van der Waals surface area contributed by atoms with Gasteiger partial charge in [-0.05, 0) is 31.0 Å². The van der Waals surface area contributed by atoms with Gasteiger partial charge in [0, 0.05) is 6.54 Å². The number of aromatic nitrogens is 3. The average molecular weight is 360 g/mol. The van der Waals surface area contributed by atoms with E-state index >= 15 is 0 Å². The number of aryl methyl sites for hydroxylation is 2. The van der Waals surface area contributed by atoms with Gasteiger partial charge in [-0.15, -0.1) is 0 Å². The summed E-state index contributed by atoms with van der Waals surface area (Å²) in [5, 5.41) is 7.46. The molecule has 2 aromatic rings. The maximum Gasteiger partial charge on any atom is 0.246 e. The van der Waals surface area contributed by atoms with E-state index in [1.807, 2.05) is 29.8 Å². The average Bonchev–Trinajstić information content (AvgIpc) is 3.01. The molecule has 0 unspecified atom stereocenters. The van der Waals surface area contributed by atoms with Gasteiger partial charge in [0.2, 0.25) is 5.91 Å². The molecular weight excluding hydrogens is 336 g/mol. The Morgan fingerprint density at radius 2 is 2.08 bits per heavy atom. The van der Waals surface area contributed by atoms with Crippen LogP contribution in [0.25, 0.3) is 0 Å². The second-order valence-corrected chi connectivity index (χ2v) is 6.13. The van der Waals surface area contributed by atoms with Gasteiger partial charge in [0.1, 0.15) is 18.5 Å². The van der Waals surface area contributed by atoms with Gasteiger partial charge < -0.3 is 19.5 Å². The fourth-order valence-electron chi connectivity index (χ4n) is 3.14. The van der Waals surface area contributed by atoms with E-state index in [0.29, 0.717) is 23.1 Å². The van der Waals surface area contributed by atoms with Gasteiger partial charge in [-0.3, -0.25) is 4.79 Å². The second kappa shape index (κ2) is 7.74. The van der Waals surface area contributed by atoms with E-state index in [2.05, 4.69) is 22.3 Å². The predicted molar refractivity (Wildman–Crippen MR) is 94.2 cm³/mol. The minimum atomic E-state index is -0.432. The number of amides is 1. The van der Waals surface area contributed by atoms with Crippen LogP contribution < -0.4 is 14.8 Å². The smallest absolute Gasteiger partial charge is 0.246 e. The van der Waals surface area contributed by atoms with E-state index in [-0.39, 0.29) is 12.5 Å². The zero-order valence-corrected chi connectivity index (χ0v) is 15.5. The van der Waals surface area contributed by atoms with Crippen molar-refractivity contribution in [2.75, 3.05) is 20.8 Å². The van der Waals surface area contributed by atoms with Gasteiger partial charge in [-0.1, -0.05) is 13.0 Å². The first-order valence-electron chi connectivity index (χ1n) is 8.61. The highest BCUT2D eigenvalue weighted by atomic mass is 16.5. The molecule has 0 saturated carbocycles. The van der Waals surface area contributed by atoms with Crippen molar-refractivity contribution in [1.29, 1.82) is 0 Å². The zero-order valence-electron chi connectivity index (χ0n) is 15.5. The number of carbonyl (C=O) groups is 1. The molecule has 0 aliphatic carbocycles. The lowest BCUT2D eigenvalue weighted by Gasteiger charge is -2.32. The summed E-state index contributed by atoms with van der Waals surface area (Å²) in [5.74, 6) is 2.44. The van der Waals surface area contributed by atoms with E-state index in [9.17, 15) is 4.79 Å². The molecule has 1 fully saturated rings. The summed E-state index contributed by atoms with van der Waals surface area (Å²) < 4.78 is 18.4. The highest BCUT2D eigenvalue weighted by Gasteiger charge is 2.36. The summed E-state index contributed by atoms with van der Waals surface area (Å²) in [6.45, 7) is 4.66. The molecule has 8 heteroatoms. The molecule has 1 saturated heterocycles. The van der Waals surface area contributed by atoms with Gasteiger partial charge in [-0.25, -0.2) is 9.67 Å². The number of hydrogen-bond acceptors (Lipinski definition) is 6. The minimum Gasteiger partial charge on any atom is -0.493 e. The lowest BCUT2D eigenvalue weighted by atomic mass is 9.98. The Morgan fingerprint density at radius 3 is 2.77 bits per heavy atom. The third-order valence-electron chi connectivity index (χ3n) is 4.28. The number of rotatable bonds is 6. The molecule has 2 atom stereocenters. The molecule has 1 aromatic carbocycles. The first kappa shape index (κ1) is 18.2. The third-order valence-corrected chi connectivity index (χ3v) is 4.28. The molecule has 1 aliphatic rings. The topological polar surface area (TPSA) is 87.5 Å². The third kappa shape index (κ3) is 3.50. The van der Waals surface area contributed by atoms with E-state index in [4.69, 9.17) is 14.2 Å². The molecule has 3 rings (SSSR count). The van der Waals surface area contributed by atoms with Gasteiger partial charge in [-0.2, -0.15) is 5.10 Å². The summed E-state index contributed by atoms with van der Waals surface area (Å²) in [4.78, 5) is 16.5. The monoisotopic (exact) mass is 360 g/mol. The van der Waals surface area contributed by atoms with Crippen LogP contribution in [0, 0.1) is 6.92 Å². The Hall–Kier alpha value is -2.61. The van der Waals surface area contributed by atoms with Crippen molar-refractivity contribution in [2.24, 2.45) is 0 Å². The summed E-state index contributed by atoms with van der Waals surface area (Å²) in [6, 6.07) is 5.16. The summed E-state index contributed by atoms with van der Waals surface area (Å²) in [5.41, 5.74) is 0.851. The summed E-state index contributed by atoms with van der Waals surface area (Å²) in [6.07, 6.45) is 0.495. The van der Waals surface area contributed by atoms with Crippen LogP contribution in [-0.4, -0.2) is 41.5 Å². The normalized spacial score (nSPS) is 19.9. The fraction of sp³-hybridized carbons (Fsp3) is 0.500. The quantitative estimate of drug-likeness (QED) is 0.847. The molecule has 8 nitrogen and oxygen atoms in total. The van der Waals surface area contributed by atoms with Crippen molar-refractivity contribution in [3.8, 4) is 11.5 Å². The number of methoxy groups -OCH3 is 2. The highest BCUT2D eigenvalue weighted by Crippen LogP contribution is 2.37. The molecule has 1 aromatic heterocycles. The van der Waals surface area contributed by atoms with Crippen molar-refractivity contribution in [3.63, 3.8) is 0 Å². The number of nitrogens with zero attached hydrogens (tertiary/aromatic N) is 3. The van der Waals surface area contributed by atoms with Crippen molar-refractivity contribution in [3.05, 3.63) is 35.4 Å². The first-order chi connectivity index (χ1) is 12.6. The maximum atomic E-state index is 12.0. The zero-order chi connectivity index (χ0) is 18.7. The van der Waals surface area contributed by atoms with Crippen LogP contribution in [0.4, 0.5) is 0 Å². The lowest BCUT2D eigenvalue weighted by Crippen LogP contribution is -2.42. The Kier molecular flexibility index (Phi) is 5.41. The van der Waals surface area contributed by atoms with Crippen LogP contribution in [0.15, 0.2) is 18.2 Å². The number of hydrogen-bond donors (Lipinski definition) is 1. The molecule has 26 heavy (non-hydrogen) atoms. The SMILES string of the molecule is CCCn1nc(C)nc1[C@H]1OCC(=O)N[C@@H]1c1ccc(OC)c(OC)c1. The first-order valence-corrected chi connectivity index (χ1v) is 8.61. The van der Waals surface area contributed by atoms with Gasteiger partial charge in [0.15, 0.2) is 17.3 Å². The van der Waals surface area contributed by atoms with Crippen molar-refractivity contribution in [2.45, 2.75) is 39.0 Å². The molecular formula is C18H24N4O4. The largest absolute Gasteiger partial charge is 0.493 e. The van der Waals surface area contributed by atoms with E-state index < -0.39 is 12.1 Å². The van der Waals surface area contributed by atoms with Crippen LogP contribution in [-0.2, 0) is 16.1 Å². The van der Waals surface area contributed by atoms with Gasteiger partial charge in [0.25, 0.3) is 0 Å². The maximum absolute atomic E-state index is 12.0. The molecule has 1 aliphatic heterocycles.